The molecule has 0 fully saturated rings. The summed E-state index contributed by atoms with van der Waals surface area (Å²) in [6, 6.07) is 18.7. The van der Waals surface area contributed by atoms with Gasteiger partial charge in [-0.1, -0.05) is 24.3 Å². The van der Waals surface area contributed by atoms with E-state index >= 15 is 0 Å². The first-order chi connectivity index (χ1) is 20.5. The van der Waals surface area contributed by atoms with Crippen LogP contribution in [0.1, 0.15) is 53.9 Å². The molecular weight excluding hydrogens is 556 g/mol. The van der Waals surface area contributed by atoms with E-state index in [-0.39, 0.29) is 56.3 Å². The molecule has 214 valence electrons. The third-order valence-electron chi connectivity index (χ3n) is 6.43. The first kappa shape index (κ1) is 28.2. The number of anilines is 2. The van der Waals surface area contributed by atoms with E-state index in [4.69, 9.17) is 10.1 Å². The first-order valence-corrected chi connectivity index (χ1v) is 12.7. The second-order valence-corrected chi connectivity index (χ2v) is 9.39. The van der Waals surface area contributed by atoms with Crippen molar-refractivity contribution in [2.45, 2.75) is 6.92 Å². The van der Waals surface area contributed by atoms with Crippen LogP contribution in [0.25, 0.3) is 11.1 Å². The molecule has 1 aliphatic rings. The molecule has 4 aromatic carbocycles. The fraction of sp³-hybridized carbons (Fsp3) is 0.0323. The van der Waals surface area contributed by atoms with E-state index in [1.807, 2.05) is 0 Å². The molecule has 1 aliphatic heterocycles. The largest absolute Gasteiger partial charge is 0.508 e. The molecule has 0 saturated heterocycles. The Morgan fingerprint density at radius 3 is 2.16 bits per heavy atom. The molecule has 12 heteroatoms. The number of hydrogen-bond donors (Lipinski definition) is 6. The number of phenolic OH excluding ortho intramolecular Hbond substituents is 1. The third kappa shape index (κ3) is 5.79. The standard InChI is InChI=1S/C31H22N4O8/c1-15(36)43-20-7-3-5-18(14-20)34-29(39)23-11-10-21(16-8-9-22-24(12-16)30(40)35-28(22)38)26(31(41)42)25(23)27(32)33-17-4-2-6-19(37)13-17/h2-14,37H,1H3,(H2,32,33)(H,34,39)(H,41,42)(H,35,38,40). The van der Waals surface area contributed by atoms with E-state index in [1.165, 1.54) is 79.7 Å². The molecule has 43 heavy (non-hydrogen) atoms. The predicted octanol–water partition coefficient (Wildman–Crippen LogP) is 4.26. The number of imide groups is 1. The topological polar surface area (TPSA) is 195 Å². The summed E-state index contributed by atoms with van der Waals surface area (Å²) < 4.78 is 5.06. The molecule has 3 amide bonds. The average Bonchev–Trinajstić information content (AvgIpc) is 3.24. The van der Waals surface area contributed by atoms with Crippen LogP contribution in [-0.2, 0) is 4.79 Å². The Morgan fingerprint density at radius 2 is 1.47 bits per heavy atom. The Hall–Kier alpha value is -6.30. The van der Waals surface area contributed by atoms with Crippen LogP contribution >= 0.6 is 0 Å². The lowest BCUT2D eigenvalue weighted by Gasteiger charge is -2.19. The summed E-state index contributed by atoms with van der Waals surface area (Å²) in [5.74, 6) is -4.43. The number of carboxylic acid groups (broad SMARTS) is 1. The minimum Gasteiger partial charge on any atom is -0.508 e. The number of esters is 1. The Balaban J connectivity index is 1.64. The van der Waals surface area contributed by atoms with Crippen molar-refractivity contribution in [2.24, 2.45) is 0 Å². The van der Waals surface area contributed by atoms with E-state index in [0.29, 0.717) is 0 Å². The smallest absolute Gasteiger partial charge is 0.337 e. The minimum absolute atomic E-state index is 0.0582. The van der Waals surface area contributed by atoms with Crippen LogP contribution < -0.4 is 20.7 Å². The number of phenols is 1. The monoisotopic (exact) mass is 578 g/mol. The maximum Gasteiger partial charge on any atom is 0.337 e. The molecule has 6 N–H and O–H groups in total. The fourth-order valence-electron chi connectivity index (χ4n) is 4.64. The van der Waals surface area contributed by atoms with Crippen molar-refractivity contribution in [1.82, 2.24) is 5.32 Å². The highest BCUT2D eigenvalue weighted by molar-refractivity contribution is 6.23. The summed E-state index contributed by atoms with van der Waals surface area (Å²) in [4.78, 5) is 62.0. The van der Waals surface area contributed by atoms with Gasteiger partial charge in [-0.15, -0.1) is 0 Å². The number of nitrogens with one attached hydrogen (secondary N) is 4. The van der Waals surface area contributed by atoms with Crippen molar-refractivity contribution in [3.8, 4) is 22.6 Å². The van der Waals surface area contributed by atoms with E-state index in [1.54, 1.807) is 6.07 Å². The molecule has 0 aromatic heterocycles. The van der Waals surface area contributed by atoms with Crippen molar-refractivity contribution in [1.29, 1.82) is 5.41 Å². The van der Waals surface area contributed by atoms with E-state index in [0.717, 1.165) is 0 Å². The van der Waals surface area contributed by atoms with Gasteiger partial charge in [0.15, 0.2) is 0 Å². The van der Waals surface area contributed by atoms with Crippen molar-refractivity contribution in [3.05, 3.63) is 107 Å². The highest BCUT2D eigenvalue weighted by Gasteiger charge is 2.30. The summed E-state index contributed by atoms with van der Waals surface area (Å²) in [5, 5.41) is 36.6. The Kier molecular flexibility index (Phi) is 7.41. The summed E-state index contributed by atoms with van der Waals surface area (Å²) >= 11 is 0. The number of rotatable bonds is 7. The number of ether oxygens (including phenoxy) is 1. The summed E-state index contributed by atoms with van der Waals surface area (Å²) in [7, 11) is 0. The second kappa shape index (κ2) is 11.3. The number of aromatic carboxylic acids is 1. The number of carbonyl (C=O) groups is 5. The Morgan fingerprint density at radius 1 is 0.791 bits per heavy atom. The van der Waals surface area contributed by atoms with Gasteiger partial charge in [-0.25, -0.2) is 4.79 Å². The highest BCUT2D eigenvalue weighted by atomic mass is 16.5. The molecule has 4 aromatic rings. The van der Waals surface area contributed by atoms with Crippen molar-refractivity contribution in [3.63, 3.8) is 0 Å². The minimum atomic E-state index is -1.47. The van der Waals surface area contributed by atoms with E-state index in [9.17, 15) is 34.2 Å². The van der Waals surface area contributed by atoms with E-state index in [2.05, 4.69) is 16.0 Å². The number of amidine groups is 1. The van der Waals surface area contributed by atoms with Gasteiger partial charge < -0.3 is 25.6 Å². The molecule has 0 aliphatic carbocycles. The van der Waals surface area contributed by atoms with Crippen LogP contribution in [0.3, 0.4) is 0 Å². The number of benzene rings is 4. The first-order valence-electron chi connectivity index (χ1n) is 12.7. The highest BCUT2D eigenvalue weighted by Crippen LogP contribution is 2.33. The predicted molar refractivity (Wildman–Crippen MR) is 155 cm³/mol. The van der Waals surface area contributed by atoms with Gasteiger partial charge in [0.05, 0.1) is 22.3 Å². The fourth-order valence-corrected chi connectivity index (χ4v) is 4.64. The quantitative estimate of drug-likeness (QED) is 0.0611. The molecule has 5 rings (SSSR count). The number of amides is 3. The van der Waals surface area contributed by atoms with Crippen molar-refractivity contribution in [2.75, 3.05) is 10.6 Å². The zero-order valence-corrected chi connectivity index (χ0v) is 22.3. The molecule has 0 bridgehead atoms. The van der Waals surface area contributed by atoms with Gasteiger partial charge in [-0.3, -0.25) is 29.9 Å². The van der Waals surface area contributed by atoms with Crippen molar-refractivity contribution >= 4 is 46.9 Å². The number of carbonyl (C=O) groups excluding carboxylic acids is 4. The average molecular weight is 579 g/mol. The number of carboxylic acids is 1. The zero-order chi connectivity index (χ0) is 30.8. The molecule has 0 radical (unpaired) electrons. The van der Waals surface area contributed by atoms with Crippen LogP contribution in [-0.4, -0.2) is 45.7 Å². The Labute approximate surface area is 243 Å². The SMILES string of the molecule is CC(=O)Oc1cccc(NC(=O)c2ccc(-c3ccc4c(c3)C(=O)NC4=O)c(C(=O)O)c2C(=N)Nc2cccc(O)c2)c1. The van der Waals surface area contributed by atoms with Gasteiger partial charge in [0.25, 0.3) is 17.7 Å². The molecule has 12 nitrogen and oxygen atoms in total. The maximum absolute atomic E-state index is 13.6. The lowest BCUT2D eigenvalue weighted by molar-refractivity contribution is -0.131. The summed E-state index contributed by atoms with van der Waals surface area (Å²) in [6.07, 6.45) is 0. The molecule has 0 atom stereocenters. The van der Waals surface area contributed by atoms with Gasteiger partial charge in [-0.05, 0) is 53.6 Å². The third-order valence-corrected chi connectivity index (χ3v) is 6.43. The van der Waals surface area contributed by atoms with Crippen LogP contribution in [0.15, 0.2) is 78.9 Å². The maximum atomic E-state index is 13.6. The Bertz CT molecular complexity index is 1880. The normalized spacial score (nSPS) is 11.7. The van der Waals surface area contributed by atoms with Gasteiger partial charge in [-0.2, -0.15) is 0 Å². The molecule has 0 unspecified atom stereocenters. The molecule has 0 spiro atoms. The summed E-state index contributed by atoms with van der Waals surface area (Å²) in [5.41, 5.74) is 0.107. The zero-order valence-electron chi connectivity index (χ0n) is 22.3. The number of fused-ring (bicyclic) bond motifs is 1. The van der Waals surface area contributed by atoms with E-state index < -0.39 is 41.1 Å². The molecular formula is C31H22N4O8. The van der Waals surface area contributed by atoms with Gasteiger partial charge >= 0.3 is 11.9 Å². The summed E-state index contributed by atoms with van der Waals surface area (Å²) in [6.45, 7) is 1.23. The van der Waals surface area contributed by atoms with Gasteiger partial charge in [0, 0.05) is 36.0 Å². The second-order valence-electron chi connectivity index (χ2n) is 9.39. The van der Waals surface area contributed by atoms with Crippen molar-refractivity contribution < 1.29 is 38.9 Å². The molecule has 1 heterocycles. The molecule has 0 saturated carbocycles. The van der Waals surface area contributed by atoms with Crippen LogP contribution in [0.5, 0.6) is 11.5 Å². The number of aromatic hydroxyl groups is 1. The lowest BCUT2D eigenvalue weighted by Crippen LogP contribution is -2.24. The van der Waals surface area contributed by atoms with Crippen LogP contribution in [0, 0.1) is 5.41 Å². The lowest BCUT2D eigenvalue weighted by atomic mass is 9.89. The van der Waals surface area contributed by atoms with Crippen LogP contribution in [0.2, 0.25) is 0 Å². The van der Waals surface area contributed by atoms with Crippen LogP contribution in [0.4, 0.5) is 11.4 Å². The number of hydrogen-bond acceptors (Lipinski definition) is 8. The van der Waals surface area contributed by atoms with Gasteiger partial charge in [0.1, 0.15) is 17.3 Å². The van der Waals surface area contributed by atoms with Gasteiger partial charge in [0.2, 0.25) is 0 Å².